The number of hydrogen-bond donors (Lipinski definition) is 0. The number of hydrogen-bond acceptors (Lipinski definition) is 1. The predicted octanol–water partition coefficient (Wildman–Crippen LogP) is 2.89. The summed E-state index contributed by atoms with van der Waals surface area (Å²) in [6.45, 7) is -1.03. The molecule has 0 aliphatic carbocycles. The van der Waals surface area contributed by atoms with Crippen molar-refractivity contribution in [3.63, 3.8) is 0 Å². The molecule has 11 heavy (non-hydrogen) atoms. The first-order valence-corrected chi connectivity index (χ1v) is 3.68. The van der Waals surface area contributed by atoms with Gasteiger partial charge in [-0.2, -0.15) is 0 Å². The minimum atomic E-state index is -1.03. The number of benzene rings is 1. The minimum Gasteiger partial charge on any atom is -0.459 e. The van der Waals surface area contributed by atoms with Gasteiger partial charge in [0.2, 0.25) is 6.86 Å². The van der Waals surface area contributed by atoms with E-state index in [2.05, 4.69) is 20.7 Å². The third-order valence-corrected chi connectivity index (χ3v) is 1.74. The average molecular weight is 223 g/mol. The lowest BCUT2D eigenvalue weighted by molar-refractivity contribution is 0.183. The second-order valence-corrected chi connectivity index (χ2v) is 2.66. The molecule has 0 saturated carbocycles. The van der Waals surface area contributed by atoms with Crippen molar-refractivity contribution >= 4 is 15.9 Å². The Morgan fingerprint density at radius 1 is 1.45 bits per heavy atom. The fourth-order valence-electron chi connectivity index (χ4n) is 0.675. The zero-order chi connectivity index (χ0) is 8.27. The molecule has 0 saturated heterocycles. The summed E-state index contributed by atoms with van der Waals surface area (Å²) in [5.74, 6) is -0.660. The van der Waals surface area contributed by atoms with Gasteiger partial charge in [0.05, 0.1) is 4.47 Å². The summed E-state index contributed by atoms with van der Waals surface area (Å²) in [5, 5.41) is 0. The summed E-state index contributed by atoms with van der Waals surface area (Å²) in [6, 6.07) is 4.29. The number of para-hydroxylation sites is 1. The molecule has 0 heterocycles. The molecule has 0 amide bonds. The summed E-state index contributed by atoms with van der Waals surface area (Å²) in [7, 11) is 0. The highest BCUT2D eigenvalue weighted by Crippen LogP contribution is 2.27. The third kappa shape index (κ3) is 1.89. The van der Waals surface area contributed by atoms with E-state index in [1.165, 1.54) is 12.1 Å². The lowest BCUT2D eigenvalue weighted by Crippen LogP contribution is -1.93. The Kier molecular flexibility index (Phi) is 2.82. The molecule has 0 unspecified atom stereocenters. The van der Waals surface area contributed by atoms with Crippen molar-refractivity contribution in [2.75, 3.05) is 6.86 Å². The minimum absolute atomic E-state index is 0.0880. The van der Waals surface area contributed by atoms with Gasteiger partial charge in [0.1, 0.15) is 0 Å². The maximum absolute atomic E-state index is 12.7. The van der Waals surface area contributed by atoms with Crippen molar-refractivity contribution in [1.29, 1.82) is 0 Å². The zero-order valence-corrected chi connectivity index (χ0v) is 7.07. The van der Waals surface area contributed by atoms with E-state index >= 15 is 0 Å². The van der Waals surface area contributed by atoms with E-state index in [0.29, 0.717) is 4.47 Å². The van der Waals surface area contributed by atoms with Crippen LogP contribution in [0.1, 0.15) is 0 Å². The maximum Gasteiger partial charge on any atom is 0.228 e. The van der Waals surface area contributed by atoms with Crippen LogP contribution in [0.15, 0.2) is 22.7 Å². The van der Waals surface area contributed by atoms with E-state index in [4.69, 9.17) is 0 Å². The fraction of sp³-hybridized carbons (Fsp3) is 0.143. The van der Waals surface area contributed by atoms with Crippen LogP contribution in [0.25, 0.3) is 0 Å². The van der Waals surface area contributed by atoms with Gasteiger partial charge in [0.25, 0.3) is 0 Å². The van der Waals surface area contributed by atoms with Crippen LogP contribution in [0.5, 0.6) is 5.75 Å². The van der Waals surface area contributed by atoms with Crippen LogP contribution in [0, 0.1) is 5.82 Å². The predicted molar refractivity (Wildman–Crippen MR) is 40.7 cm³/mol. The summed E-state index contributed by atoms with van der Waals surface area (Å²) in [5.41, 5.74) is 0. The summed E-state index contributed by atoms with van der Waals surface area (Å²) < 4.78 is 29.1. The van der Waals surface area contributed by atoms with Crippen molar-refractivity contribution in [1.82, 2.24) is 0 Å². The van der Waals surface area contributed by atoms with Crippen LogP contribution in [-0.4, -0.2) is 6.86 Å². The first kappa shape index (κ1) is 8.46. The monoisotopic (exact) mass is 222 g/mol. The van der Waals surface area contributed by atoms with Crippen LogP contribution in [0.2, 0.25) is 0 Å². The Balaban J connectivity index is 3.00. The highest BCUT2D eigenvalue weighted by atomic mass is 79.9. The maximum atomic E-state index is 12.7. The van der Waals surface area contributed by atoms with Crippen molar-refractivity contribution in [2.24, 2.45) is 0 Å². The quantitative estimate of drug-likeness (QED) is 0.748. The Labute approximate surface area is 71.1 Å². The van der Waals surface area contributed by atoms with Gasteiger partial charge in [0, 0.05) is 0 Å². The van der Waals surface area contributed by atoms with E-state index in [1.807, 2.05) is 0 Å². The molecule has 1 rings (SSSR count). The molecule has 0 aliphatic heterocycles. The fourth-order valence-corrected chi connectivity index (χ4v) is 1.13. The van der Waals surface area contributed by atoms with Crippen LogP contribution in [-0.2, 0) is 0 Å². The average Bonchev–Trinajstić information content (AvgIpc) is 1.97. The van der Waals surface area contributed by atoms with Gasteiger partial charge in [-0.1, -0.05) is 6.07 Å². The SMILES string of the molecule is FCOc1c(F)cccc1Br. The molecule has 0 spiro atoms. The van der Waals surface area contributed by atoms with Crippen molar-refractivity contribution in [3.8, 4) is 5.75 Å². The molecule has 1 nitrogen and oxygen atoms in total. The Bertz CT molecular complexity index is 232. The van der Waals surface area contributed by atoms with E-state index in [1.54, 1.807) is 6.07 Å². The summed E-state index contributed by atoms with van der Waals surface area (Å²) in [4.78, 5) is 0. The standard InChI is InChI=1S/C7H5BrF2O/c8-5-2-1-3-6(10)7(5)11-4-9/h1-3H,4H2. The van der Waals surface area contributed by atoms with E-state index < -0.39 is 12.7 Å². The van der Waals surface area contributed by atoms with Crippen LogP contribution >= 0.6 is 15.9 Å². The molecule has 0 aromatic heterocycles. The molecule has 1 aromatic carbocycles. The van der Waals surface area contributed by atoms with Crippen LogP contribution in [0.3, 0.4) is 0 Å². The largest absolute Gasteiger partial charge is 0.459 e. The summed E-state index contributed by atoms with van der Waals surface area (Å²) >= 11 is 3.02. The Morgan fingerprint density at radius 3 is 2.73 bits per heavy atom. The number of alkyl halides is 1. The third-order valence-electron chi connectivity index (χ3n) is 1.12. The van der Waals surface area contributed by atoms with Gasteiger partial charge >= 0.3 is 0 Å². The zero-order valence-electron chi connectivity index (χ0n) is 5.48. The second kappa shape index (κ2) is 3.67. The second-order valence-electron chi connectivity index (χ2n) is 1.80. The van der Waals surface area contributed by atoms with Gasteiger partial charge in [-0.25, -0.2) is 8.78 Å². The highest BCUT2D eigenvalue weighted by Gasteiger charge is 2.06. The molecule has 0 aliphatic rings. The van der Waals surface area contributed by atoms with E-state index in [-0.39, 0.29) is 5.75 Å². The Hall–Kier alpha value is -0.640. The lowest BCUT2D eigenvalue weighted by Gasteiger charge is -2.03. The van der Waals surface area contributed by atoms with Gasteiger partial charge in [0.15, 0.2) is 11.6 Å². The van der Waals surface area contributed by atoms with Crippen molar-refractivity contribution in [3.05, 3.63) is 28.5 Å². The molecule has 0 bridgehead atoms. The topological polar surface area (TPSA) is 9.23 Å². The molecule has 0 radical (unpaired) electrons. The molecule has 60 valence electrons. The molecule has 1 aromatic rings. The van der Waals surface area contributed by atoms with Gasteiger partial charge in [-0.3, -0.25) is 0 Å². The number of ether oxygens (including phenoxy) is 1. The molecule has 0 N–H and O–H groups in total. The number of rotatable bonds is 2. The van der Waals surface area contributed by atoms with Crippen LogP contribution in [0.4, 0.5) is 8.78 Å². The number of halogens is 3. The van der Waals surface area contributed by atoms with E-state index in [9.17, 15) is 8.78 Å². The van der Waals surface area contributed by atoms with Crippen LogP contribution < -0.4 is 4.74 Å². The molecule has 0 atom stereocenters. The van der Waals surface area contributed by atoms with Crippen molar-refractivity contribution < 1.29 is 13.5 Å². The highest BCUT2D eigenvalue weighted by molar-refractivity contribution is 9.10. The van der Waals surface area contributed by atoms with E-state index in [0.717, 1.165) is 0 Å². The molecule has 4 heteroatoms. The molecule has 0 fully saturated rings. The first-order valence-electron chi connectivity index (χ1n) is 2.88. The smallest absolute Gasteiger partial charge is 0.228 e. The van der Waals surface area contributed by atoms with Gasteiger partial charge < -0.3 is 4.74 Å². The molecular weight excluding hydrogens is 218 g/mol. The lowest BCUT2D eigenvalue weighted by atomic mass is 10.3. The normalized spacial score (nSPS) is 9.73. The first-order chi connectivity index (χ1) is 5.25. The Morgan fingerprint density at radius 2 is 2.18 bits per heavy atom. The van der Waals surface area contributed by atoms with Gasteiger partial charge in [-0.15, -0.1) is 0 Å². The summed E-state index contributed by atoms with van der Waals surface area (Å²) in [6.07, 6.45) is 0. The molecular formula is C7H5BrF2O. The van der Waals surface area contributed by atoms with Gasteiger partial charge in [-0.05, 0) is 28.1 Å². The van der Waals surface area contributed by atoms with Crippen molar-refractivity contribution in [2.45, 2.75) is 0 Å².